The predicted octanol–water partition coefficient (Wildman–Crippen LogP) is 2.02. The van der Waals surface area contributed by atoms with Crippen LogP contribution in [-0.4, -0.2) is 23.9 Å². The molecule has 2 unspecified atom stereocenters. The van der Waals surface area contributed by atoms with Gasteiger partial charge in [0.25, 0.3) is 0 Å². The van der Waals surface area contributed by atoms with Gasteiger partial charge in [0.1, 0.15) is 0 Å². The fraction of sp³-hybridized carbons (Fsp3) is 0.538. The third-order valence-electron chi connectivity index (χ3n) is 3.40. The van der Waals surface area contributed by atoms with Crippen LogP contribution in [0.25, 0.3) is 0 Å². The number of hydrogen-bond acceptors (Lipinski definition) is 2. The fourth-order valence-corrected chi connectivity index (χ4v) is 2.25. The fourth-order valence-electron chi connectivity index (χ4n) is 2.25. The van der Waals surface area contributed by atoms with Crippen LogP contribution in [0.1, 0.15) is 18.9 Å². The Morgan fingerprint density at radius 3 is 2.80 bits per heavy atom. The van der Waals surface area contributed by atoms with Crippen molar-refractivity contribution < 1.29 is 9.84 Å². The normalized spacial score (nSPS) is 30.7. The van der Waals surface area contributed by atoms with Crippen molar-refractivity contribution in [2.24, 2.45) is 5.92 Å². The van der Waals surface area contributed by atoms with Gasteiger partial charge in [-0.3, -0.25) is 0 Å². The average Bonchev–Trinajstić information content (AvgIpc) is 2.63. The minimum Gasteiger partial charge on any atom is -0.393 e. The van der Waals surface area contributed by atoms with Crippen LogP contribution in [0.3, 0.4) is 0 Å². The molecular weight excluding hydrogens is 188 g/mol. The molecule has 2 heteroatoms. The molecule has 2 nitrogen and oxygen atoms in total. The summed E-state index contributed by atoms with van der Waals surface area (Å²) in [6.45, 7) is 2.90. The Morgan fingerprint density at radius 2 is 2.13 bits per heavy atom. The molecule has 82 valence electrons. The molecule has 1 fully saturated rings. The predicted molar refractivity (Wildman–Crippen MR) is 59.7 cm³/mol. The van der Waals surface area contributed by atoms with E-state index in [2.05, 4.69) is 24.3 Å². The highest BCUT2D eigenvalue weighted by molar-refractivity contribution is 5.16. The lowest BCUT2D eigenvalue weighted by Crippen LogP contribution is -2.36. The molecule has 0 aromatic heterocycles. The molecule has 15 heavy (non-hydrogen) atoms. The Balaban J connectivity index is 2.06. The van der Waals surface area contributed by atoms with E-state index < -0.39 is 0 Å². The lowest BCUT2D eigenvalue weighted by molar-refractivity contribution is -0.0470. The third-order valence-corrected chi connectivity index (χ3v) is 3.40. The summed E-state index contributed by atoms with van der Waals surface area (Å²) in [4.78, 5) is 0. The van der Waals surface area contributed by atoms with E-state index in [0.29, 0.717) is 5.92 Å². The maximum atomic E-state index is 9.35. The zero-order valence-electron chi connectivity index (χ0n) is 9.15. The Bertz CT molecular complexity index is 310. The van der Waals surface area contributed by atoms with Gasteiger partial charge in [0.15, 0.2) is 0 Å². The highest BCUT2D eigenvalue weighted by Gasteiger charge is 2.39. The molecular formula is C13H18O2. The van der Waals surface area contributed by atoms with Crippen molar-refractivity contribution in [1.29, 1.82) is 0 Å². The molecule has 1 aliphatic heterocycles. The Morgan fingerprint density at radius 1 is 1.40 bits per heavy atom. The molecule has 0 saturated carbocycles. The first-order valence-corrected chi connectivity index (χ1v) is 5.53. The topological polar surface area (TPSA) is 29.5 Å². The van der Waals surface area contributed by atoms with E-state index in [4.69, 9.17) is 4.74 Å². The van der Waals surface area contributed by atoms with Gasteiger partial charge in [-0.1, -0.05) is 30.3 Å². The van der Waals surface area contributed by atoms with Crippen LogP contribution < -0.4 is 0 Å². The summed E-state index contributed by atoms with van der Waals surface area (Å²) in [6.07, 6.45) is 2.05. The molecule has 2 rings (SSSR count). The first-order valence-electron chi connectivity index (χ1n) is 5.53. The molecule has 1 N–H and O–H groups in total. The summed E-state index contributed by atoms with van der Waals surface area (Å²) < 4.78 is 5.62. The van der Waals surface area contributed by atoms with Gasteiger partial charge in [0, 0.05) is 6.61 Å². The molecule has 1 aromatic carbocycles. The SMILES string of the molecule is CC1(CO)OCCC1Cc1ccccc1. The van der Waals surface area contributed by atoms with Gasteiger partial charge in [-0.05, 0) is 31.2 Å². The first kappa shape index (κ1) is 10.7. The number of ether oxygens (including phenoxy) is 1. The molecule has 1 aliphatic rings. The molecule has 1 saturated heterocycles. The van der Waals surface area contributed by atoms with Gasteiger partial charge in [0.2, 0.25) is 0 Å². The third kappa shape index (κ3) is 2.21. The average molecular weight is 206 g/mol. The minimum absolute atomic E-state index is 0.116. The number of rotatable bonds is 3. The maximum absolute atomic E-state index is 9.35. The van der Waals surface area contributed by atoms with E-state index in [1.54, 1.807) is 0 Å². The second-order valence-corrected chi connectivity index (χ2v) is 4.49. The van der Waals surface area contributed by atoms with Crippen LogP contribution in [0.5, 0.6) is 0 Å². The second-order valence-electron chi connectivity index (χ2n) is 4.49. The molecule has 0 aliphatic carbocycles. The van der Waals surface area contributed by atoms with Crippen molar-refractivity contribution in [3.63, 3.8) is 0 Å². The monoisotopic (exact) mass is 206 g/mol. The van der Waals surface area contributed by atoms with Gasteiger partial charge < -0.3 is 9.84 Å². The maximum Gasteiger partial charge on any atom is 0.0916 e. The summed E-state index contributed by atoms with van der Waals surface area (Å²) in [6, 6.07) is 10.4. The van der Waals surface area contributed by atoms with Gasteiger partial charge in [0.05, 0.1) is 12.2 Å². The highest BCUT2D eigenvalue weighted by atomic mass is 16.5. The smallest absolute Gasteiger partial charge is 0.0916 e. The molecule has 0 amide bonds. The van der Waals surface area contributed by atoms with Crippen LogP contribution in [0, 0.1) is 5.92 Å². The number of aliphatic hydroxyl groups excluding tert-OH is 1. The van der Waals surface area contributed by atoms with Crippen molar-refractivity contribution in [1.82, 2.24) is 0 Å². The summed E-state index contributed by atoms with van der Waals surface area (Å²) in [5.41, 5.74) is 0.989. The molecule has 0 bridgehead atoms. The highest BCUT2D eigenvalue weighted by Crippen LogP contribution is 2.33. The molecule has 1 aromatic rings. The number of benzene rings is 1. The van der Waals surface area contributed by atoms with E-state index in [0.717, 1.165) is 19.4 Å². The minimum atomic E-state index is -0.337. The van der Waals surface area contributed by atoms with Gasteiger partial charge >= 0.3 is 0 Å². The van der Waals surface area contributed by atoms with Gasteiger partial charge in [-0.25, -0.2) is 0 Å². The molecule has 0 spiro atoms. The van der Waals surface area contributed by atoms with Crippen molar-refractivity contribution in [2.45, 2.75) is 25.4 Å². The lowest BCUT2D eigenvalue weighted by Gasteiger charge is -2.28. The number of aliphatic hydroxyl groups is 1. The summed E-state index contributed by atoms with van der Waals surface area (Å²) in [5, 5.41) is 9.35. The number of hydrogen-bond donors (Lipinski definition) is 1. The summed E-state index contributed by atoms with van der Waals surface area (Å²) in [7, 11) is 0. The lowest BCUT2D eigenvalue weighted by atomic mass is 9.84. The molecule has 2 atom stereocenters. The van der Waals surface area contributed by atoms with Crippen LogP contribution in [0.15, 0.2) is 30.3 Å². The summed E-state index contributed by atoms with van der Waals surface area (Å²) in [5.74, 6) is 0.435. The van der Waals surface area contributed by atoms with E-state index >= 15 is 0 Å². The molecule has 0 radical (unpaired) electrons. The zero-order chi connectivity index (χ0) is 10.7. The van der Waals surface area contributed by atoms with Crippen LogP contribution in [0.4, 0.5) is 0 Å². The Labute approximate surface area is 90.9 Å². The van der Waals surface area contributed by atoms with E-state index in [-0.39, 0.29) is 12.2 Å². The van der Waals surface area contributed by atoms with Crippen LogP contribution in [-0.2, 0) is 11.2 Å². The van der Waals surface area contributed by atoms with Crippen LogP contribution in [0.2, 0.25) is 0 Å². The molecule has 1 heterocycles. The van der Waals surface area contributed by atoms with Crippen molar-refractivity contribution in [3.05, 3.63) is 35.9 Å². The summed E-state index contributed by atoms with van der Waals surface area (Å²) >= 11 is 0. The van der Waals surface area contributed by atoms with E-state index in [1.807, 2.05) is 13.0 Å². The standard InChI is InChI=1S/C13H18O2/c1-13(10-14)12(7-8-15-13)9-11-5-3-2-4-6-11/h2-6,12,14H,7-10H2,1H3. The van der Waals surface area contributed by atoms with E-state index in [9.17, 15) is 5.11 Å². The van der Waals surface area contributed by atoms with E-state index in [1.165, 1.54) is 5.56 Å². The zero-order valence-corrected chi connectivity index (χ0v) is 9.15. The first-order chi connectivity index (χ1) is 7.24. The van der Waals surface area contributed by atoms with Crippen molar-refractivity contribution in [2.75, 3.05) is 13.2 Å². The van der Waals surface area contributed by atoms with Crippen molar-refractivity contribution in [3.8, 4) is 0 Å². The van der Waals surface area contributed by atoms with Crippen LogP contribution >= 0.6 is 0 Å². The Kier molecular flexibility index (Phi) is 3.08. The second kappa shape index (κ2) is 4.33. The van der Waals surface area contributed by atoms with Gasteiger partial charge in [-0.2, -0.15) is 0 Å². The van der Waals surface area contributed by atoms with Crippen molar-refractivity contribution >= 4 is 0 Å². The largest absolute Gasteiger partial charge is 0.393 e. The van der Waals surface area contributed by atoms with Gasteiger partial charge in [-0.15, -0.1) is 0 Å². The Hall–Kier alpha value is -0.860. The quantitative estimate of drug-likeness (QED) is 0.819.